The van der Waals surface area contributed by atoms with Crippen molar-refractivity contribution in [2.24, 2.45) is 0 Å². The zero-order valence-corrected chi connectivity index (χ0v) is 15.8. The second-order valence-electron chi connectivity index (χ2n) is 6.67. The van der Waals surface area contributed by atoms with Crippen molar-refractivity contribution >= 4 is 23.3 Å². The average Bonchev–Trinajstić information content (AvgIpc) is 2.72. The highest BCUT2D eigenvalue weighted by Crippen LogP contribution is 2.38. The van der Waals surface area contributed by atoms with E-state index in [2.05, 4.69) is 22.4 Å². The van der Waals surface area contributed by atoms with Crippen LogP contribution in [-0.2, 0) is 0 Å². The number of rotatable bonds is 5. The summed E-state index contributed by atoms with van der Waals surface area (Å²) in [6, 6.07) is 15.4. The topological polar surface area (TPSA) is 71.5 Å². The molecule has 1 aliphatic rings. The predicted molar refractivity (Wildman–Crippen MR) is 109 cm³/mol. The molecule has 6 heteroatoms. The van der Waals surface area contributed by atoms with Gasteiger partial charge in [-0.2, -0.15) is 0 Å². The van der Waals surface area contributed by atoms with E-state index < -0.39 is 5.97 Å². The molecule has 0 saturated heterocycles. The summed E-state index contributed by atoms with van der Waals surface area (Å²) < 4.78 is 5.89. The van der Waals surface area contributed by atoms with Gasteiger partial charge in [0, 0.05) is 29.2 Å². The van der Waals surface area contributed by atoms with Gasteiger partial charge in [-0.05, 0) is 35.7 Å². The molecule has 0 radical (unpaired) electrons. The first-order valence-corrected chi connectivity index (χ1v) is 9.44. The van der Waals surface area contributed by atoms with Crippen LogP contribution in [-0.4, -0.2) is 29.2 Å². The number of carbonyl (C=O) groups is 1. The number of fused-ring (bicyclic) bond motifs is 1. The highest BCUT2D eigenvalue weighted by molar-refractivity contribution is 6.33. The Morgan fingerprint density at radius 1 is 1.25 bits per heavy atom. The number of carboxylic acids is 1. The molecular weight excluding hydrogens is 376 g/mol. The molecule has 0 fully saturated rings. The Labute approximate surface area is 168 Å². The summed E-state index contributed by atoms with van der Waals surface area (Å²) in [5.41, 5.74) is 3.83. The van der Waals surface area contributed by atoms with Crippen molar-refractivity contribution in [2.75, 3.05) is 18.5 Å². The highest BCUT2D eigenvalue weighted by Gasteiger charge is 2.23. The number of nitrogens with zero attached hydrogens (tertiary/aromatic N) is 1. The molecule has 2 aromatic carbocycles. The summed E-state index contributed by atoms with van der Waals surface area (Å²) in [6.07, 6.45) is 3.88. The quantitative estimate of drug-likeness (QED) is 0.631. The maximum absolute atomic E-state index is 11.4. The molecule has 2 N–H and O–H groups in total. The lowest BCUT2D eigenvalue weighted by Crippen LogP contribution is -2.21. The van der Waals surface area contributed by atoms with E-state index in [0.29, 0.717) is 23.9 Å². The van der Waals surface area contributed by atoms with Crippen molar-refractivity contribution in [1.82, 2.24) is 4.98 Å². The van der Waals surface area contributed by atoms with Crippen LogP contribution in [0, 0.1) is 0 Å². The normalized spacial score (nSPS) is 15.4. The van der Waals surface area contributed by atoms with Gasteiger partial charge in [0.05, 0.1) is 24.1 Å². The van der Waals surface area contributed by atoms with E-state index in [1.54, 1.807) is 6.20 Å². The van der Waals surface area contributed by atoms with Crippen LogP contribution >= 0.6 is 11.6 Å². The third kappa shape index (κ3) is 3.66. The molecule has 0 spiro atoms. The number of ether oxygens (including phenoxy) is 1. The fourth-order valence-corrected chi connectivity index (χ4v) is 3.74. The van der Waals surface area contributed by atoms with Crippen LogP contribution < -0.4 is 10.1 Å². The largest absolute Gasteiger partial charge is 0.493 e. The van der Waals surface area contributed by atoms with Crippen molar-refractivity contribution in [3.8, 4) is 16.9 Å². The van der Waals surface area contributed by atoms with Gasteiger partial charge >= 0.3 is 5.97 Å². The summed E-state index contributed by atoms with van der Waals surface area (Å²) >= 11 is 6.32. The molecule has 1 atom stereocenters. The Balaban J connectivity index is 1.57. The van der Waals surface area contributed by atoms with Gasteiger partial charge in [0.25, 0.3) is 0 Å². The number of aromatic carboxylic acids is 1. The lowest BCUT2D eigenvalue weighted by molar-refractivity contribution is 0.0697. The van der Waals surface area contributed by atoms with Crippen LogP contribution in [0.4, 0.5) is 5.69 Å². The van der Waals surface area contributed by atoms with E-state index >= 15 is 0 Å². The first-order chi connectivity index (χ1) is 13.6. The number of hydrogen-bond donors (Lipinski definition) is 2. The molecule has 0 saturated carbocycles. The van der Waals surface area contributed by atoms with Crippen LogP contribution in [0.1, 0.15) is 28.3 Å². The minimum absolute atomic E-state index is 0.214. The molecule has 5 nitrogen and oxygen atoms in total. The van der Waals surface area contributed by atoms with Crippen LogP contribution in [0.5, 0.6) is 5.75 Å². The minimum Gasteiger partial charge on any atom is -0.493 e. The Kier molecular flexibility index (Phi) is 5.17. The second kappa shape index (κ2) is 7.90. The lowest BCUT2D eigenvalue weighted by Gasteiger charge is -2.27. The first kappa shape index (κ1) is 18.3. The van der Waals surface area contributed by atoms with Gasteiger partial charge in [0.15, 0.2) is 0 Å². The maximum atomic E-state index is 11.4. The number of carboxylic acid groups (broad SMARTS) is 1. The fraction of sp³-hybridized carbons (Fsp3) is 0.182. The summed E-state index contributed by atoms with van der Waals surface area (Å²) in [6.45, 7) is 1.22. The summed E-state index contributed by atoms with van der Waals surface area (Å²) in [5, 5.41) is 13.3. The Hall–Kier alpha value is -3.05. The second-order valence-corrected chi connectivity index (χ2v) is 7.08. The van der Waals surface area contributed by atoms with Crippen molar-refractivity contribution in [1.29, 1.82) is 0 Å². The van der Waals surface area contributed by atoms with Crippen molar-refractivity contribution < 1.29 is 14.6 Å². The Morgan fingerprint density at radius 2 is 2.11 bits per heavy atom. The smallest absolute Gasteiger partial charge is 0.337 e. The molecule has 4 rings (SSSR count). The van der Waals surface area contributed by atoms with Gasteiger partial charge in [0.2, 0.25) is 0 Å². The Morgan fingerprint density at radius 3 is 2.93 bits per heavy atom. The van der Waals surface area contributed by atoms with E-state index in [4.69, 9.17) is 16.3 Å². The van der Waals surface area contributed by atoms with E-state index in [-0.39, 0.29) is 11.5 Å². The van der Waals surface area contributed by atoms with Crippen LogP contribution in [0.3, 0.4) is 0 Å². The Bertz CT molecular complexity index is 1020. The molecule has 2 heterocycles. The number of pyridine rings is 1. The summed E-state index contributed by atoms with van der Waals surface area (Å²) in [7, 11) is 0. The van der Waals surface area contributed by atoms with Gasteiger partial charge in [-0.1, -0.05) is 41.9 Å². The number of anilines is 1. The standard InChI is InChI=1S/C22H19ClN2O3/c23-19-4-2-1-3-16(19)14-5-6-17-15(8-10-28-21(17)11-14)12-25-20-13-24-9-7-18(20)22(26)27/h1-7,9,11,13,15,25H,8,10,12H2,(H,26,27). The van der Waals surface area contributed by atoms with Crippen molar-refractivity contribution in [3.63, 3.8) is 0 Å². The molecular formula is C22H19ClN2O3. The number of hydrogen-bond acceptors (Lipinski definition) is 4. The average molecular weight is 395 g/mol. The van der Waals surface area contributed by atoms with Gasteiger partial charge in [0.1, 0.15) is 5.75 Å². The zero-order valence-electron chi connectivity index (χ0n) is 15.1. The van der Waals surface area contributed by atoms with E-state index in [9.17, 15) is 9.90 Å². The summed E-state index contributed by atoms with van der Waals surface area (Å²) in [5.74, 6) is 0.0904. The zero-order chi connectivity index (χ0) is 19.5. The number of benzene rings is 2. The molecule has 0 bridgehead atoms. The van der Waals surface area contributed by atoms with Gasteiger partial charge in [-0.25, -0.2) is 4.79 Å². The molecule has 142 valence electrons. The number of nitrogens with one attached hydrogen (secondary N) is 1. The third-order valence-corrected chi connectivity index (χ3v) is 5.28. The van der Waals surface area contributed by atoms with Gasteiger partial charge in [-0.3, -0.25) is 4.98 Å². The van der Waals surface area contributed by atoms with Crippen LogP contribution in [0.15, 0.2) is 60.9 Å². The van der Waals surface area contributed by atoms with E-state index in [1.165, 1.54) is 12.3 Å². The SMILES string of the molecule is O=C(O)c1ccncc1NCC1CCOc2cc(-c3ccccc3Cl)ccc21. The molecule has 28 heavy (non-hydrogen) atoms. The monoisotopic (exact) mass is 394 g/mol. The maximum Gasteiger partial charge on any atom is 0.337 e. The molecule has 0 aliphatic carbocycles. The highest BCUT2D eigenvalue weighted by atomic mass is 35.5. The minimum atomic E-state index is -0.971. The van der Waals surface area contributed by atoms with Crippen molar-refractivity contribution in [2.45, 2.75) is 12.3 Å². The first-order valence-electron chi connectivity index (χ1n) is 9.06. The fourth-order valence-electron chi connectivity index (χ4n) is 3.49. The number of halogens is 1. The van der Waals surface area contributed by atoms with Crippen LogP contribution in [0.25, 0.3) is 11.1 Å². The molecule has 1 unspecified atom stereocenters. The van der Waals surface area contributed by atoms with Gasteiger partial charge in [-0.15, -0.1) is 0 Å². The lowest BCUT2D eigenvalue weighted by atomic mass is 9.91. The number of aromatic nitrogens is 1. The molecule has 0 amide bonds. The third-order valence-electron chi connectivity index (χ3n) is 4.95. The van der Waals surface area contributed by atoms with E-state index in [1.807, 2.05) is 30.3 Å². The molecule has 3 aromatic rings. The molecule has 1 aromatic heterocycles. The van der Waals surface area contributed by atoms with Gasteiger partial charge < -0.3 is 15.2 Å². The van der Waals surface area contributed by atoms with E-state index in [0.717, 1.165) is 28.9 Å². The summed E-state index contributed by atoms with van der Waals surface area (Å²) in [4.78, 5) is 15.4. The molecule has 1 aliphatic heterocycles. The van der Waals surface area contributed by atoms with Crippen LogP contribution in [0.2, 0.25) is 5.02 Å². The predicted octanol–water partition coefficient (Wildman–Crippen LogP) is 5.08. The van der Waals surface area contributed by atoms with Crippen molar-refractivity contribution in [3.05, 3.63) is 77.1 Å².